The number of piperazine rings is 1. The molecule has 1 N–H and O–H groups in total. The van der Waals surface area contributed by atoms with Gasteiger partial charge in [-0.3, -0.25) is 4.79 Å². The van der Waals surface area contributed by atoms with E-state index in [1.807, 2.05) is 49.4 Å². The second-order valence-corrected chi connectivity index (χ2v) is 7.75. The van der Waals surface area contributed by atoms with E-state index in [1.54, 1.807) is 18.3 Å². The highest BCUT2D eigenvalue weighted by molar-refractivity contribution is 5.98. The van der Waals surface area contributed by atoms with Crippen LogP contribution in [-0.2, 0) is 6.42 Å². The number of aromatic nitrogens is 4. The molecular formula is C24H27N7O. The molecule has 3 heterocycles. The van der Waals surface area contributed by atoms with Gasteiger partial charge in [0.1, 0.15) is 5.82 Å². The molecule has 0 aliphatic carbocycles. The van der Waals surface area contributed by atoms with E-state index in [2.05, 4.69) is 42.1 Å². The van der Waals surface area contributed by atoms with E-state index in [0.29, 0.717) is 35.5 Å². The molecule has 0 bridgehead atoms. The smallest absolute Gasteiger partial charge is 0.233 e. The van der Waals surface area contributed by atoms with Gasteiger partial charge < -0.3 is 15.1 Å². The summed E-state index contributed by atoms with van der Waals surface area (Å²) >= 11 is 0. The predicted molar refractivity (Wildman–Crippen MR) is 126 cm³/mol. The molecule has 3 aromatic rings. The van der Waals surface area contributed by atoms with Crippen LogP contribution in [0.2, 0.25) is 0 Å². The number of nitrogens with zero attached hydrogens (tertiary/aromatic N) is 6. The Morgan fingerprint density at radius 3 is 2.59 bits per heavy atom. The summed E-state index contributed by atoms with van der Waals surface area (Å²) in [5, 5.41) is 3.15. The van der Waals surface area contributed by atoms with Gasteiger partial charge in [-0.25, -0.2) is 4.98 Å². The van der Waals surface area contributed by atoms with Crippen LogP contribution in [0.15, 0.2) is 54.7 Å². The summed E-state index contributed by atoms with van der Waals surface area (Å²) in [4.78, 5) is 35.2. The van der Waals surface area contributed by atoms with Crippen molar-refractivity contribution in [2.45, 2.75) is 13.3 Å². The van der Waals surface area contributed by atoms with Gasteiger partial charge in [-0.05, 0) is 37.7 Å². The quantitative estimate of drug-likeness (QED) is 0.573. The van der Waals surface area contributed by atoms with Gasteiger partial charge in [0.05, 0.1) is 0 Å². The normalized spacial score (nSPS) is 14.6. The fourth-order valence-corrected chi connectivity index (χ4v) is 3.48. The highest BCUT2D eigenvalue weighted by Crippen LogP contribution is 2.18. The Balaban J connectivity index is 1.54. The van der Waals surface area contributed by atoms with Crippen molar-refractivity contribution in [2.75, 3.05) is 43.4 Å². The number of Topliss-reactive ketones (excluding diaryl/α,β-unsaturated/α-hetero) is 1. The molecule has 1 aliphatic rings. The van der Waals surface area contributed by atoms with Crippen LogP contribution in [0.4, 0.5) is 17.7 Å². The lowest BCUT2D eigenvalue weighted by Gasteiger charge is -2.32. The van der Waals surface area contributed by atoms with Gasteiger partial charge in [0.2, 0.25) is 11.9 Å². The van der Waals surface area contributed by atoms with Crippen LogP contribution in [0.1, 0.15) is 28.7 Å². The third-order valence-electron chi connectivity index (χ3n) is 5.27. The number of allylic oxidation sites excluding steroid dienone is 1. The number of carbonyl (C=O) groups is 1. The van der Waals surface area contributed by atoms with Crippen LogP contribution in [-0.4, -0.2) is 63.8 Å². The molecule has 1 saturated heterocycles. The van der Waals surface area contributed by atoms with Crippen molar-refractivity contribution in [1.82, 2.24) is 24.8 Å². The Morgan fingerprint density at radius 2 is 1.84 bits per heavy atom. The summed E-state index contributed by atoms with van der Waals surface area (Å²) in [5.74, 6) is 2.17. The fourth-order valence-electron chi connectivity index (χ4n) is 3.48. The number of hydrogen-bond acceptors (Lipinski definition) is 8. The number of carbonyl (C=O) groups excluding carboxylic acids is 1. The monoisotopic (exact) mass is 429 g/mol. The Kier molecular flexibility index (Phi) is 6.81. The van der Waals surface area contributed by atoms with Crippen molar-refractivity contribution in [3.8, 4) is 0 Å². The first-order valence-electron chi connectivity index (χ1n) is 10.7. The largest absolute Gasteiger partial charge is 0.338 e. The van der Waals surface area contributed by atoms with Crippen LogP contribution >= 0.6 is 0 Å². The van der Waals surface area contributed by atoms with Crippen LogP contribution in [0.25, 0.3) is 6.08 Å². The Bertz CT molecular complexity index is 1090. The van der Waals surface area contributed by atoms with Crippen molar-refractivity contribution in [2.24, 2.45) is 0 Å². The average Bonchev–Trinajstić information content (AvgIpc) is 2.80. The Hall–Kier alpha value is -3.65. The lowest BCUT2D eigenvalue weighted by Crippen LogP contribution is -2.45. The number of hydrogen-bond donors (Lipinski definition) is 1. The lowest BCUT2D eigenvalue weighted by atomic mass is 10.0. The third-order valence-corrected chi connectivity index (χ3v) is 5.27. The first-order valence-corrected chi connectivity index (χ1v) is 10.7. The first kappa shape index (κ1) is 21.6. The van der Waals surface area contributed by atoms with E-state index in [9.17, 15) is 4.79 Å². The standard InChI is InChI=1S/C24H27N7O/c1-3-7-21-26-23(29-24(28-21)31-14-12-30(2)13-15-31)27-22-17-19(10-11-25-22)20(32)16-18-8-5-4-6-9-18/h3-11,17H,12-16H2,1-2H3,(H,25,26,27,28,29)/b7-3+. The molecule has 164 valence electrons. The molecule has 2 aromatic heterocycles. The number of likely N-dealkylation sites (N-methyl/N-ethyl adjacent to an activating group) is 1. The van der Waals surface area contributed by atoms with Gasteiger partial charge in [-0.1, -0.05) is 36.4 Å². The molecule has 1 aliphatic heterocycles. The van der Waals surface area contributed by atoms with E-state index in [0.717, 1.165) is 31.7 Å². The van der Waals surface area contributed by atoms with Gasteiger partial charge in [0.25, 0.3) is 0 Å². The van der Waals surface area contributed by atoms with Crippen LogP contribution in [0.5, 0.6) is 0 Å². The van der Waals surface area contributed by atoms with Crippen molar-refractivity contribution < 1.29 is 4.79 Å². The maximum Gasteiger partial charge on any atom is 0.233 e. The second-order valence-electron chi connectivity index (χ2n) is 7.75. The number of pyridine rings is 1. The van der Waals surface area contributed by atoms with E-state index in [4.69, 9.17) is 0 Å². The molecule has 1 fully saturated rings. The molecule has 8 nitrogen and oxygen atoms in total. The maximum atomic E-state index is 12.7. The van der Waals surface area contributed by atoms with E-state index in [-0.39, 0.29) is 5.78 Å². The van der Waals surface area contributed by atoms with Crippen LogP contribution in [0.3, 0.4) is 0 Å². The summed E-state index contributed by atoms with van der Waals surface area (Å²) in [5.41, 5.74) is 1.57. The summed E-state index contributed by atoms with van der Waals surface area (Å²) in [6.07, 6.45) is 5.71. The molecule has 0 saturated carbocycles. The zero-order chi connectivity index (χ0) is 22.3. The minimum absolute atomic E-state index is 0.0324. The molecular weight excluding hydrogens is 402 g/mol. The van der Waals surface area contributed by atoms with Gasteiger partial charge in [-0.2, -0.15) is 15.0 Å². The van der Waals surface area contributed by atoms with Crippen LogP contribution < -0.4 is 10.2 Å². The summed E-state index contributed by atoms with van der Waals surface area (Å²) in [7, 11) is 2.11. The zero-order valence-corrected chi connectivity index (χ0v) is 18.4. The molecule has 8 heteroatoms. The highest BCUT2D eigenvalue weighted by atomic mass is 16.1. The SMILES string of the molecule is C/C=C/c1nc(Nc2cc(C(=O)Cc3ccccc3)ccn2)nc(N2CCN(C)CC2)n1. The fraction of sp³-hybridized carbons (Fsp3) is 0.292. The highest BCUT2D eigenvalue weighted by Gasteiger charge is 2.18. The molecule has 0 radical (unpaired) electrons. The molecule has 32 heavy (non-hydrogen) atoms. The second kappa shape index (κ2) is 10.1. The van der Waals surface area contributed by atoms with E-state index >= 15 is 0 Å². The number of rotatable bonds is 7. The van der Waals surface area contributed by atoms with E-state index in [1.165, 1.54) is 0 Å². The molecule has 0 unspecified atom stereocenters. The number of nitrogens with one attached hydrogen (secondary N) is 1. The van der Waals surface area contributed by atoms with Crippen molar-refractivity contribution >= 4 is 29.6 Å². The van der Waals surface area contributed by atoms with Crippen molar-refractivity contribution in [3.05, 3.63) is 71.7 Å². The van der Waals surface area contributed by atoms with Crippen molar-refractivity contribution in [1.29, 1.82) is 0 Å². The average molecular weight is 430 g/mol. The van der Waals surface area contributed by atoms with Crippen LogP contribution in [0, 0.1) is 0 Å². The summed E-state index contributed by atoms with van der Waals surface area (Å²) in [6, 6.07) is 13.2. The molecule has 4 rings (SSSR count). The van der Waals surface area contributed by atoms with Gasteiger partial charge >= 0.3 is 0 Å². The molecule has 0 amide bonds. The number of ketones is 1. The topological polar surface area (TPSA) is 87.1 Å². The van der Waals surface area contributed by atoms with Gasteiger partial charge in [0, 0.05) is 44.4 Å². The summed E-state index contributed by atoms with van der Waals surface area (Å²) < 4.78 is 0. The minimum Gasteiger partial charge on any atom is -0.338 e. The Labute approximate surface area is 188 Å². The first-order chi connectivity index (χ1) is 15.6. The number of anilines is 3. The van der Waals surface area contributed by atoms with Gasteiger partial charge in [-0.15, -0.1) is 0 Å². The molecule has 0 atom stereocenters. The molecule has 1 aromatic carbocycles. The molecule has 0 spiro atoms. The summed E-state index contributed by atoms with van der Waals surface area (Å²) in [6.45, 7) is 5.56. The van der Waals surface area contributed by atoms with Gasteiger partial charge in [0.15, 0.2) is 11.6 Å². The third kappa shape index (κ3) is 5.53. The van der Waals surface area contributed by atoms with E-state index < -0.39 is 0 Å². The predicted octanol–water partition coefficient (Wildman–Crippen LogP) is 3.22. The Morgan fingerprint density at radius 1 is 1.06 bits per heavy atom. The number of benzene rings is 1. The lowest BCUT2D eigenvalue weighted by molar-refractivity contribution is 0.0993. The van der Waals surface area contributed by atoms with Crippen molar-refractivity contribution in [3.63, 3.8) is 0 Å². The maximum absolute atomic E-state index is 12.7. The minimum atomic E-state index is 0.0324. The zero-order valence-electron chi connectivity index (χ0n) is 18.4.